The maximum absolute atomic E-state index is 11.5. The lowest BCUT2D eigenvalue weighted by Crippen LogP contribution is -2.07. The summed E-state index contributed by atoms with van der Waals surface area (Å²) in [7, 11) is 1.38. The van der Waals surface area contributed by atoms with Crippen LogP contribution in [0.5, 0.6) is 0 Å². The summed E-state index contributed by atoms with van der Waals surface area (Å²) in [6.07, 6.45) is 13.0. The molecule has 5 nitrogen and oxygen atoms in total. The van der Waals surface area contributed by atoms with Gasteiger partial charge in [-0.25, -0.2) is 14.8 Å². The molecule has 132 valence electrons. The number of aromatic nitrogens is 3. The SMILES string of the molecule is COC(=O)c1ccc(C[C@H]2CC[C@H](Cc3ncc(SC)cn3)C2)nc1. The van der Waals surface area contributed by atoms with E-state index in [9.17, 15) is 4.79 Å². The van der Waals surface area contributed by atoms with Gasteiger partial charge in [0.1, 0.15) is 5.82 Å². The molecule has 2 aromatic heterocycles. The fourth-order valence-corrected chi connectivity index (χ4v) is 3.76. The van der Waals surface area contributed by atoms with Gasteiger partial charge in [0.2, 0.25) is 0 Å². The first kappa shape index (κ1) is 17.9. The molecule has 1 aliphatic rings. The number of pyridine rings is 1. The van der Waals surface area contributed by atoms with E-state index in [0.717, 1.165) is 29.3 Å². The maximum Gasteiger partial charge on any atom is 0.339 e. The van der Waals surface area contributed by atoms with Gasteiger partial charge in [-0.1, -0.05) is 0 Å². The van der Waals surface area contributed by atoms with Gasteiger partial charge in [0.15, 0.2) is 0 Å². The summed E-state index contributed by atoms with van der Waals surface area (Å²) in [5.74, 6) is 1.91. The number of rotatable bonds is 6. The van der Waals surface area contributed by atoms with Crippen molar-refractivity contribution in [3.63, 3.8) is 0 Å². The number of esters is 1. The average molecular weight is 357 g/mol. The number of thioether (sulfide) groups is 1. The minimum Gasteiger partial charge on any atom is -0.465 e. The van der Waals surface area contributed by atoms with E-state index in [1.165, 1.54) is 26.4 Å². The molecule has 3 rings (SSSR count). The quantitative estimate of drug-likeness (QED) is 0.581. The summed E-state index contributed by atoms with van der Waals surface area (Å²) in [4.78, 5) is 25.9. The molecule has 0 unspecified atom stereocenters. The van der Waals surface area contributed by atoms with E-state index in [1.54, 1.807) is 24.0 Å². The molecule has 1 aliphatic carbocycles. The van der Waals surface area contributed by atoms with Crippen molar-refractivity contribution in [2.24, 2.45) is 11.8 Å². The Morgan fingerprint density at radius 1 is 1.12 bits per heavy atom. The van der Waals surface area contributed by atoms with E-state index in [4.69, 9.17) is 4.74 Å². The summed E-state index contributed by atoms with van der Waals surface area (Å²) in [6.45, 7) is 0. The van der Waals surface area contributed by atoms with Crippen LogP contribution in [0.1, 0.15) is 41.1 Å². The van der Waals surface area contributed by atoms with Gasteiger partial charge in [0.25, 0.3) is 0 Å². The van der Waals surface area contributed by atoms with E-state index in [1.807, 2.05) is 24.7 Å². The molecule has 0 aromatic carbocycles. The molecule has 6 heteroatoms. The highest BCUT2D eigenvalue weighted by atomic mass is 32.2. The van der Waals surface area contributed by atoms with Gasteiger partial charge in [0.05, 0.1) is 12.7 Å². The third-order valence-electron chi connectivity index (χ3n) is 4.78. The molecule has 0 N–H and O–H groups in total. The molecule has 2 atom stereocenters. The number of carbonyl (C=O) groups excluding carboxylic acids is 1. The third-order valence-corrected chi connectivity index (χ3v) is 5.46. The van der Waals surface area contributed by atoms with Crippen LogP contribution < -0.4 is 0 Å². The van der Waals surface area contributed by atoms with Crippen molar-refractivity contribution in [3.8, 4) is 0 Å². The van der Waals surface area contributed by atoms with E-state index in [2.05, 4.69) is 15.0 Å². The average Bonchev–Trinajstić information content (AvgIpc) is 3.09. The van der Waals surface area contributed by atoms with Gasteiger partial charge < -0.3 is 4.74 Å². The van der Waals surface area contributed by atoms with E-state index in [0.29, 0.717) is 17.4 Å². The van der Waals surface area contributed by atoms with Crippen molar-refractivity contribution in [2.45, 2.75) is 37.0 Å². The number of hydrogen-bond acceptors (Lipinski definition) is 6. The number of ether oxygens (including phenoxy) is 1. The van der Waals surface area contributed by atoms with Crippen molar-refractivity contribution < 1.29 is 9.53 Å². The second kappa shape index (κ2) is 8.43. The third kappa shape index (κ3) is 4.78. The molecule has 25 heavy (non-hydrogen) atoms. The molecule has 0 bridgehead atoms. The van der Waals surface area contributed by atoms with Gasteiger partial charge in [-0.3, -0.25) is 4.98 Å². The molecular weight excluding hydrogens is 334 g/mol. The van der Waals surface area contributed by atoms with Crippen LogP contribution in [0.25, 0.3) is 0 Å². The highest BCUT2D eigenvalue weighted by molar-refractivity contribution is 7.98. The lowest BCUT2D eigenvalue weighted by Gasteiger charge is -2.11. The Labute approximate surface area is 152 Å². The molecule has 1 fully saturated rings. The highest BCUT2D eigenvalue weighted by Crippen LogP contribution is 2.34. The molecule has 2 heterocycles. The summed E-state index contributed by atoms with van der Waals surface area (Å²) >= 11 is 1.67. The van der Waals surface area contributed by atoms with Crippen LogP contribution in [0.2, 0.25) is 0 Å². The van der Waals surface area contributed by atoms with Crippen LogP contribution in [0.15, 0.2) is 35.6 Å². The molecule has 0 spiro atoms. The van der Waals surface area contributed by atoms with Crippen LogP contribution in [0, 0.1) is 11.8 Å². The zero-order valence-corrected chi connectivity index (χ0v) is 15.5. The second-order valence-electron chi connectivity index (χ2n) is 6.52. The summed E-state index contributed by atoms with van der Waals surface area (Å²) in [5.41, 5.74) is 1.54. The molecule has 2 aromatic rings. The van der Waals surface area contributed by atoms with E-state index < -0.39 is 0 Å². The predicted octanol–water partition coefficient (Wildman–Crippen LogP) is 3.58. The molecule has 1 saturated carbocycles. The van der Waals surface area contributed by atoms with Crippen LogP contribution in [-0.4, -0.2) is 34.3 Å². The van der Waals surface area contributed by atoms with E-state index in [-0.39, 0.29) is 5.97 Å². The smallest absolute Gasteiger partial charge is 0.339 e. The minimum absolute atomic E-state index is 0.340. The van der Waals surface area contributed by atoms with Crippen molar-refractivity contribution >= 4 is 17.7 Å². The van der Waals surface area contributed by atoms with Gasteiger partial charge >= 0.3 is 5.97 Å². The fourth-order valence-electron chi connectivity index (χ4n) is 3.44. The molecule has 0 saturated heterocycles. The first-order valence-corrected chi connectivity index (χ1v) is 9.78. The molecule has 0 aliphatic heterocycles. The molecular formula is C19H23N3O2S. The molecule has 0 amide bonds. The molecule has 0 radical (unpaired) electrons. The number of carbonyl (C=O) groups is 1. The zero-order chi connectivity index (χ0) is 17.6. The Balaban J connectivity index is 1.51. The summed E-state index contributed by atoms with van der Waals surface area (Å²) < 4.78 is 4.70. The van der Waals surface area contributed by atoms with Crippen molar-refractivity contribution in [1.29, 1.82) is 0 Å². The van der Waals surface area contributed by atoms with Crippen molar-refractivity contribution in [2.75, 3.05) is 13.4 Å². The van der Waals surface area contributed by atoms with Crippen LogP contribution in [0.3, 0.4) is 0 Å². The van der Waals surface area contributed by atoms with Crippen LogP contribution in [0.4, 0.5) is 0 Å². The Morgan fingerprint density at radius 2 is 1.84 bits per heavy atom. The van der Waals surface area contributed by atoms with Gasteiger partial charge in [-0.05, 0) is 55.9 Å². The van der Waals surface area contributed by atoms with Crippen molar-refractivity contribution in [1.82, 2.24) is 15.0 Å². The highest BCUT2D eigenvalue weighted by Gasteiger charge is 2.26. The van der Waals surface area contributed by atoms with Crippen LogP contribution >= 0.6 is 11.8 Å². The zero-order valence-electron chi connectivity index (χ0n) is 14.6. The number of methoxy groups -OCH3 is 1. The normalized spacial score (nSPS) is 19.8. The lowest BCUT2D eigenvalue weighted by molar-refractivity contribution is 0.0600. The van der Waals surface area contributed by atoms with E-state index >= 15 is 0 Å². The topological polar surface area (TPSA) is 65.0 Å². The minimum atomic E-state index is -0.340. The second-order valence-corrected chi connectivity index (χ2v) is 7.40. The number of hydrogen-bond donors (Lipinski definition) is 0. The van der Waals surface area contributed by atoms with Crippen LogP contribution in [-0.2, 0) is 17.6 Å². The first-order chi connectivity index (χ1) is 12.2. The van der Waals surface area contributed by atoms with Crippen molar-refractivity contribution in [3.05, 3.63) is 47.8 Å². The number of nitrogens with zero attached hydrogens (tertiary/aromatic N) is 3. The summed E-state index contributed by atoms with van der Waals surface area (Å²) in [6, 6.07) is 3.73. The Bertz CT molecular complexity index is 704. The maximum atomic E-state index is 11.5. The summed E-state index contributed by atoms with van der Waals surface area (Å²) in [5, 5.41) is 0. The Morgan fingerprint density at radius 3 is 2.44 bits per heavy atom. The largest absolute Gasteiger partial charge is 0.465 e. The standard InChI is InChI=1S/C19H23N3O2S/c1-24-19(23)15-5-6-16(20-10-15)8-13-3-4-14(7-13)9-18-21-11-17(25-2)12-22-18/h5-6,10-14H,3-4,7-9H2,1-2H3/t13-,14-/m0/s1. The monoisotopic (exact) mass is 357 g/mol. The lowest BCUT2D eigenvalue weighted by atomic mass is 9.97. The Hall–Kier alpha value is -1.95. The predicted molar refractivity (Wildman–Crippen MR) is 97.6 cm³/mol. The van der Waals surface area contributed by atoms with Gasteiger partial charge in [-0.15, -0.1) is 11.8 Å². The van der Waals surface area contributed by atoms with Gasteiger partial charge in [0, 0.05) is 35.6 Å². The first-order valence-electron chi connectivity index (χ1n) is 8.56. The fraction of sp³-hybridized carbons (Fsp3) is 0.474. The van der Waals surface area contributed by atoms with Gasteiger partial charge in [-0.2, -0.15) is 0 Å². The Kier molecular flexibility index (Phi) is 6.02.